The lowest BCUT2D eigenvalue weighted by molar-refractivity contribution is -0.138. The van der Waals surface area contributed by atoms with Crippen LogP contribution in [0.3, 0.4) is 0 Å². The molecule has 3 aromatic rings. The number of carbonyl (C=O) groups is 1. The Morgan fingerprint density at radius 3 is 1.50 bits per heavy atom. The van der Waals surface area contributed by atoms with Gasteiger partial charge in [0.25, 0.3) is 0 Å². The molecule has 34 heavy (non-hydrogen) atoms. The van der Waals surface area contributed by atoms with Gasteiger partial charge in [-0.15, -0.1) is 0 Å². The summed E-state index contributed by atoms with van der Waals surface area (Å²) in [6, 6.07) is 21.9. The number of hydrogen-bond donors (Lipinski definition) is 1. The lowest BCUT2D eigenvalue weighted by Gasteiger charge is -2.13. The number of halogens is 6. The zero-order chi connectivity index (χ0) is 25.7. The molecule has 182 valence electrons. The molecule has 0 radical (unpaired) electrons. The van der Waals surface area contributed by atoms with Crippen molar-refractivity contribution in [1.82, 2.24) is 0 Å². The fraction of sp³-hybridized carbons (Fsp3) is 0.0952. The second kappa shape index (κ2) is 10.5. The zero-order valence-electron chi connectivity index (χ0n) is 16.7. The number of hydrogen-bond acceptors (Lipinski definition) is 4. The average molecular weight is 524 g/mol. The van der Waals surface area contributed by atoms with Gasteiger partial charge in [0.1, 0.15) is 0 Å². The molecule has 0 aliphatic carbocycles. The summed E-state index contributed by atoms with van der Waals surface area (Å²) in [5.74, 6) is -1.59. The SMILES string of the molecule is O=C(O)c1ccc([S+](c2ccccc2)c2ccccc2)cc1C(F)(F)F.O=S(=O)([O-])C(F)(F)F. The molecule has 3 aromatic carbocycles. The Morgan fingerprint density at radius 2 is 1.18 bits per heavy atom. The van der Waals surface area contributed by atoms with Crippen molar-refractivity contribution in [3.63, 3.8) is 0 Å². The molecular formula is C21H14F6O5S2. The van der Waals surface area contributed by atoms with Crippen molar-refractivity contribution in [2.24, 2.45) is 0 Å². The predicted octanol–water partition coefficient (Wildman–Crippen LogP) is 5.55. The van der Waals surface area contributed by atoms with E-state index in [0.717, 1.165) is 21.9 Å². The smallest absolute Gasteiger partial charge is 0.485 e. The first-order valence-corrected chi connectivity index (χ1v) is 11.6. The molecule has 13 heteroatoms. The molecule has 0 spiro atoms. The van der Waals surface area contributed by atoms with Crippen molar-refractivity contribution in [3.8, 4) is 0 Å². The topological polar surface area (TPSA) is 94.5 Å². The van der Waals surface area contributed by atoms with Gasteiger partial charge in [0, 0.05) is 6.07 Å². The largest absolute Gasteiger partial charge is 0.741 e. The molecular weight excluding hydrogens is 510 g/mol. The van der Waals surface area contributed by atoms with E-state index in [1.807, 2.05) is 60.7 Å². The van der Waals surface area contributed by atoms with Gasteiger partial charge in [-0.3, -0.25) is 0 Å². The van der Waals surface area contributed by atoms with Gasteiger partial charge < -0.3 is 9.66 Å². The molecule has 0 aliphatic heterocycles. The van der Waals surface area contributed by atoms with Crippen LogP contribution in [-0.2, 0) is 27.2 Å². The first-order chi connectivity index (χ1) is 15.6. The van der Waals surface area contributed by atoms with Crippen molar-refractivity contribution >= 4 is 27.0 Å². The van der Waals surface area contributed by atoms with Gasteiger partial charge in [-0.25, -0.2) is 13.2 Å². The first-order valence-electron chi connectivity index (χ1n) is 8.94. The average Bonchev–Trinajstić information content (AvgIpc) is 2.74. The van der Waals surface area contributed by atoms with Gasteiger partial charge in [0.2, 0.25) is 0 Å². The van der Waals surface area contributed by atoms with E-state index in [4.69, 9.17) is 18.1 Å². The molecule has 0 saturated heterocycles. The summed E-state index contributed by atoms with van der Waals surface area (Å²) in [4.78, 5) is 13.3. The summed E-state index contributed by atoms with van der Waals surface area (Å²) in [7, 11) is -6.86. The van der Waals surface area contributed by atoms with Crippen LogP contribution in [0.4, 0.5) is 26.3 Å². The summed E-state index contributed by atoms with van der Waals surface area (Å²) >= 11 is 0. The van der Waals surface area contributed by atoms with E-state index in [1.54, 1.807) is 0 Å². The summed E-state index contributed by atoms with van der Waals surface area (Å²) in [6.45, 7) is 0. The van der Waals surface area contributed by atoms with E-state index < -0.39 is 49.8 Å². The van der Waals surface area contributed by atoms with Crippen molar-refractivity contribution in [3.05, 3.63) is 90.0 Å². The number of carboxylic acids is 1. The Hall–Kier alpha value is -3.03. The van der Waals surface area contributed by atoms with Crippen molar-refractivity contribution in [1.29, 1.82) is 0 Å². The fourth-order valence-corrected chi connectivity index (χ4v) is 4.71. The third kappa shape index (κ3) is 6.98. The van der Waals surface area contributed by atoms with Gasteiger partial charge in [-0.05, 0) is 36.4 Å². The maximum Gasteiger partial charge on any atom is 0.485 e. The molecule has 0 amide bonds. The van der Waals surface area contributed by atoms with Gasteiger partial charge in [0.15, 0.2) is 24.8 Å². The molecule has 5 nitrogen and oxygen atoms in total. The second-order valence-electron chi connectivity index (χ2n) is 6.34. The quantitative estimate of drug-likeness (QED) is 0.209. The maximum atomic E-state index is 13.4. The number of rotatable bonds is 4. The van der Waals surface area contributed by atoms with Gasteiger partial charge >= 0.3 is 17.7 Å². The highest BCUT2D eigenvalue weighted by atomic mass is 32.2. The van der Waals surface area contributed by atoms with Gasteiger partial charge in [-0.2, -0.15) is 26.3 Å². The molecule has 0 aliphatic rings. The molecule has 0 fully saturated rings. The number of carboxylic acid groups (broad SMARTS) is 1. The highest BCUT2D eigenvalue weighted by molar-refractivity contribution is 7.97. The Bertz CT molecular complexity index is 1190. The van der Waals surface area contributed by atoms with E-state index in [9.17, 15) is 31.1 Å². The number of alkyl halides is 6. The summed E-state index contributed by atoms with van der Waals surface area (Å²) in [5.41, 5.74) is -7.52. The molecule has 0 aromatic heterocycles. The standard InChI is InChI=1S/C20H13F3O2S.CHF3O3S/c21-20(22,23)18-13-16(11-12-17(18)19(24)25)26(14-7-3-1-4-8-14)15-9-5-2-6-10-15;2-1(3,4)8(5,6)7/h1-13H;(H,5,6,7). The van der Waals surface area contributed by atoms with Crippen molar-refractivity contribution in [2.75, 3.05) is 0 Å². The molecule has 0 unspecified atom stereocenters. The van der Waals surface area contributed by atoms with Crippen LogP contribution >= 0.6 is 0 Å². The minimum Gasteiger partial charge on any atom is -0.741 e. The second-order valence-corrected chi connectivity index (χ2v) is 9.74. The van der Waals surface area contributed by atoms with Crippen molar-refractivity contribution < 1.29 is 49.2 Å². The summed E-state index contributed by atoms with van der Waals surface area (Å²) in [5, 5.41) is 9.09. The molecule has 1 N–H and O–H groups in total. The zero-order valence-corrected chi connectivity index (χ0v) is 18.3. The van der Waals surface area contributed by atoms with Crippen LogP contribution in [-0.4, -0.2) is 29.6 Å². The molecule has 3 rings (SSSR count). The molecule has 0 bridgehead atoms. The molecule has 0 heterocycles. The minimum atomic E-state index is -6.09. The van der Waals surface area contributed by atoms with Crippen LogP contribution in [0.25, 0.3) is 0 Å². The lowest BCUT2D eigenvalue weighted by Crippen LogP contribution is -2.21. The van der Waals surface area contributed by atoms with E-state index in [2.05, 4.69) is 0 Å². The fourth-order valence-electron chi connectivity index (χ4n) is 2.59. The maximum absolute atomic E-state index is 13.4. The van der Waals surface area contributed by atoms with Crippen LogP contribution in [0.5, 0.6) is 0 Å². The van der Waals surface area contributed by atoms with Crippen LogP contribution < -0.4 is 0 Å². The Labute approximate surface area is 192 Å². The van der Waals surface area contributed by atoms with E-state index in [-0.39, 0.29) is 0 Å². The Balaban J connectivity index is 0.000000440. The third-order valence-corrected chi connectivity index (χ3v) is 6.78. The van der Waals surface area contributed by atoms with Crippen LogP contribution in [0, 0.1) is 0 Å². The summed E-state index contributed by atoms with van der Waals surface area (Å²) in [6.07, 6.45) is -4.74. The van der Waals surface area contributed by atoms with Crippen LogP contribution in [0.1, 0.15) is 15.9 Å². The predicted molar refractivity (Wildman–Crippen MR) is 109 cm³/mol. The monoisotopic (exact) mass is 524 g/mol. The normalized spacial score (nSPS) is 12.1. The molecule has 0 atom stereocenters. The Morgan fingerprint density at radius 1 is 0.765 bits per heavy atom. The highest BCUT2D eigenvalue weighted by Crippen LogP contribution is 2.37. The van der Waals surface area contributed by atoms with Gasteiger partial charge in [0.05, 0.1) is 22.0 Å². The third-order valence-electron chi connectivity index (χ3n) is 4.00. The molecule has 0 saturated carbocycles. The van der Waals surface area contributed by atoms with E-state index in [1.165, 1.54) is 6.07 Å². The summed E-state index contributed by atoms with van der Waals surface area (Å²) < 4.78 is 99.1. The number of benzene rings is 3. The lowest BCUT2D eigenvalue weighted by atomic mass is 10.1. The minimum absolute atomic E-state index is 0.416. The van der Waals surface area contributed by atoms with Crippen LogP contribution in [0.2, 0.25) is 0 Å². The Kier molecular flexibility index (Phi) is 8.40. The first kappa shape index (κ1) is 27.2. The van der Waals surface area contributed by atoms with Crippen molar-refractivity contribution in [2.45, 2.75) is 26.4 Å². The van der Waals surface area contributed by atoms with Crippen LogP contribution in [0.15, 0.2) is 93.5 Å². The van der Waals surface area contributed by atoms with E-state index in [0.29, 0.717) is 4.90 Å². The van der Waals surface area contributed by atoms with E-state index >= 15 is 0 Å². The number of aromatic carboxylic acids is 1. The highest BCUT2D eigenvalue weighted by Gasteiger charge is 2.39. The van der Waals surface area contributed by atoms with Gasteiger partial charge in [-0.1, -0.05) is 36.4 Å².